The van der Waals surface area contributed by atoms with Crippen molar-refractivity contribution in [2.75, 3.05) is 0 Å². The second-order valence-electron chi connectivity index (χ2n) is 4.21. The lowest BCUT2D eigenvalue weighted by Crippen LogP contribution is -1.97. The summed E-state index contributed by atoms with van der Waals surface area (Å²) in [6.07, 6.45) is 0.697. The first-order valence-electron chi connectivity index (χ1n) is 5.72. The molecule has 2 aromatic rings. The Bertz CT molecular complexity index is 586. The van der Waals surface area contributed by atoms with Crippen LogP contribution in [0.1, 0.15) is 21.5 Å². The number of carbonyl (C=O) groups excluding carboxylic acids is 1. The molecule has 0 aliphatic heterocycles. The monoisotopic (exact) mass is 294 g/mol. The van der Waals surface area contributed by atoms with Gasteiger partial charge in [-0.1, -0.05) is 53.0 Å². The van der Waals surface area contributed by atoms with Crippen LogP contribution in [0.5, 0.6) is 5.75 Å². The summed E-state index contributed by atoms with van der Waals surface area (Å²) >= 11 is 12.1. The third-order valence-corrected chi connectivity index (χ3v) is 3.18. The molecule has 0 unspecified atom stereocenters. The van der Waals surface area contributed by atoms with Crippen LogP contribution < -0.4 is 4.74 Å². The Morgan fingerprint density at radius 1 is 1.16 bits per heavy atom. The van der Waals surface area contributed by atoms with Crippen LogP contribution in [0.3, 0.4) is 0 Å². The van der Waals surface area contributed by atoms with E-state index in [4.69, 9.17) is 27.9 Å². The van der Waals surface area contributed by atoms with E-state index >= 15 is 0 Å². The number of hydrogen-bond donors (Lipinski definition) is 0. The fraction of sp³-hybridized carbons (Fsp3) is 0.133. The number of carbonyl (C=O) groups is 1. The van der Waals surface area contributed by atoms with E-state index < -0.39 is 0 Å². The van der Waals surface area contributed by atoms with Crippen molar-refractivity contribution in [2.24, 2.45) is 0 Å². The summed E-state index contributed by atoms with van der Waals surface area (Å²) in [6, 6.07) is 11.0. The summed E-state index contributed by atoms with van der Waals surface area (Å²) in [4.78, 5) is 10.7. The lowest BCUT2D eigenvalue weighted by atomic mass is 10.1. The summed E-state index contributed by atoms with van der Waals surface area (Å²) in [5, 5.41) is 0.671. The van der Waals surface area contributed by atoms with Gasteiger partial charge in [0.2, 0.25) is 0 Å². The molecule has 19 heavy (non-hydrogen) atoms. The molecule has 0 atom stereocenters. The lowest BCUT2D eigenvalue weighted by Gasteiger charge is -2.11. The molecule has 0 spiro atoms. The molecule has 2 rings (SSSR count). The molecule has 0 fully saturated rings. The number of halogens is 2. The minimum absolute atomic E-state index is 0.335. The molecule has 98 valence electrons. The fourth-order valence-electron chi connectivity index (χ4n) is 1.74. The lowest BCUT2D eigenvalue weighted by molar-refractivity contribution is 0.112. The maximum absolute atomic E-state index is 10.7. The van der Waals surface area contributed by atoms with Gasteiger partial charge in [0.05, 0.1) is 10.0 Å². The smallest absolute Gasteiger partial charge is 0.157 e. The SMILES string of the molecule is Cc1cccc(COc2c(Cl)cc(C=O)cc2Cl)c1. The molecule has 0 aliphatic rings. The molecule has 2 aromatic carbocycles. The van der Waals surface area contributed by atoms with Gasteiger partial charge < -0.3 is 4.74 Å². The van der Waals surface area contributed by atoms with Gasteiger partial charge in [0.1, 0.15) is 12.9 Å². The fourth-order valence-corrected chi connectivity index (χ4v) is 2.36. The molecule has 0 bridgehead atoms. The van der Waals surface area contributed by atoms with Gasteiger partial charge in [-0.25, -0.2) is 0 Å². The zero-order valence-corrected chi connectivity index (χ0v) is 11.8. The third kappa shape index (κ3) is 3.49. The molecule has 0 amide bonds. The van der Waals surface area contributed by atoms with Crippen molar-refractivity contribution < 1.29 is 9.53 Å². The second-order valence-corrected chi connectivity index (χ2v) is 5.02. The Kier molecular flexibility index (Phi) is 4.46. The minimum atomic E-state index is 0.335. The Hall–Kier alpha value is -1.51. The molecule has 0 aromatic heterocycles. The van der Waals surface area contributed by atoms with Gasteiger partial charge in [-0.05, 0) is 24.6 Å². The molecule has 0 saturated carbocycles. The van der Waals surface area contributed by atoms with Crippen molar-refractivity contribution in [2.45, 2.75) is 13.5 Å². The first-order valence-corrected chi connectivity index (χ1v) is 6.48. The largest absolute Gasteiger partial charge is 0.486 e. The summed E-state index contributed by atoms with van der Waals surface area (Å²) < 4.78 is 5.63. The van der Waals surface area contributed by atoms with Crippen LogP contribution in [0.25, 0.3) is 0 Å². The van der Waals surface area contributed by atoms with E-state index in [1.807, 2.05) is 31.2 Å². The molecule has 0 radical (unpaired) electrons. The number of hydrogen-bond acceptors (Lipinski definition) is 2. The van der Waals surface area contributed by atoms with Crippen LogP contribution >= 0.6 is 23.2 Å². The van der Waals surface area contributed by atoms with E-state index in [2.05, 4.69) is 0 Å². The van der Waals surface area contributed by atoms with E-state index in [1.165, 1.54) is 12.1 Å². The maximum Gasteiger partial charge on any atom is 0.157 e. The average molecular weight is 295 g/mol. The van der Waals surface area contributed by atoms with E-state index in [0.717, 1.165) is 11.1 Å². The van der Waals surface area contributed by atoms with Gasteiger partial charge >= 0.3 is 0 Å². The molecule has 2 nitrogen and oxygen atoms in total. The Labute approximate surface area is 121 Å². The first kappa shape index (κ1) is 13.9. The summed E-state index contributed by atoms with van der Waals surface area (Å²) in [5.74, 6) is 0.399. The molecule has 0 saturated heterocycles. The van der Waals surface area contributed by atoms with Crippen LogP contribution in [0.15, 0.2) is 36.4 Å². The molecular formula is C15H12Cl2O2. The second kappa shape index (κ2) is 6.09. The number of aldehydes is 1. The van der Waals surface area contributed by atoms with Crippen molar-refractivity contribution in [1.29, 1.82) is 0 Å². The number of ether oxygens (including phenoxy) is 1. The highest BCUT2D eigenvalue weighted by Gasteiger charge is 2.09. The van der Waals surface area contributed by atoms with Gasteiger partial charge in [0.25, 0.3) is 0 Å². The normalized spacial score (nSPS) is 10.3. The molecule has 4 heteroatoms. The minimum Gasteiger partial charge on any atom is -0.486 e. The van der Waals surface area contributed by atoms with Crippen molar-refractivity contribution in [3.8, 4) is 5.75 Å². The number of aryl methyl sites for hydroxylation is 1. The Balaban J connectivity index is 2.18. The third-order valence-electron chi connectivity index (χ3n) is 2.62. The first-order chi connectivity index (χ1) is 9.10. The van der Waals surface area contributed by atoms with Crippen LogP contribution in [0, 0.1) is 6.92 Å². The average Bonchev–Trinajstić information content (AvgIpc) is 2.37. The zero-order valence-electron chi connectivity index (χ0n) is 10.3. The molecule has 0 N–H and O–H groups in total. The number of rotatable bonds is 4. The maximum atomic E-state index is 10.7. The van der Waals surface area contributed by atoms with E-state index in [1.54, 1.807) is 0 Å². The number of benzene rings is 2. The molecule has 0 heterocycles. The Morgan fingerprint density at radius 2 is 1.84 bits per heavy atom. The van der Waals surface area contributed by atoms with Crippen LogP contribution in [0.4, 0.5) is 0 Å². The van der Waals surface area contributed by atoms with E-state index in [0.29, 0.717) is 34.3 Å². The highest BCUT2D eigenvalue weighted by atomic mass is 35.5. The van der Waals surface area contributed by atoms with Gasteiger partial charge in [-0.2, -0.15) is 0 Å². The standard InChI is InChI=1S/C15H12Cl2O2/c1-10-3-2-4-11(5-10)9-19-15-13(16)6-12(8-18)7-14(15)17/h2-8H,9H2,1H3. The van der Waals surface area contributed by atoms with Gasteiger partial charge in [0, 0.05) is 5.56 Å². The summed E-state index contributed by atoms with van der Waals surface area (Å²) in [7, 11) is 0. The highest BCUT2D eigenvalue weighted by molar-refractivity contribution is 6.37. The van der Waals surface area contributed by atoms with Crippen molar-refractivity contribution in [3.05, 3.63) is 63.1 Å². The van der Waals surface area contributed by atoms with Crippen molar-refractivity contribution in [3.63, 3.8) is 0 Å². The predicted octanol–water partition coefficient (Wildman–Crippen LogP) is 4.69. The van der Waals surface area contributed by atoms with Gasteiger partial charge in [-0.15, -0.1) is 0 Å². The van der Waals surface area contributed by atoms with Crippen LogP contribution in [0.2, 0.25) is 10.0 Å². The summed E-state index contributed by atoms with van der Waals surface area (Å²) in [5.41, 5.74) is 2.62. The van der Waals surface area contributed by atoms with Gasteiger partial charge in [0.15, 0.2) is 5.75 Å². The van der Waals surface area contributed by atoms with Crippen molar-refractivity contribution >= 4 is 29.5 Å². The molecule has 0 aliphatic carbocycles. The highest BCUT2D eigenvalue weighted by Crippen LogP contribution is 2.34. The van der Waals surface area contributed by atoms with E-state index in [-0.39, 0.29) is 0 Å². The topological polar surface area (TPSA) is 26.3 Å². The van der Waals surface area contributed by atoms with Crippen LogP contribution in [-0.2, 0) is 6.61 Å². The Morgan fingerprint density at radius 3 is 2.42 bits per heavy atom. The quantitative estimate of drug-likeness (QED) is 0.765. The van der Waals surface area contributed by atoms with Crippen LogP contribution in [-0.4, -0.2) is 6.29 Å². The predicted molar refractivity (Wildman–Crippen MR) is 77.4 cm³/mol. The molecular weight excluding hydrogens is 283 g/mol. The van der Waals surface area contributed by atoms with Crippen molar-refractivity contribution in [1.82, 2.24) is 0 Å². The zero-order chi connectivity index (χ0) is 13.8. The summed E-state index contributed by atoms with van der Waals surface area (Å²) in [6.45, 7) is 2.39. The van der Waals surface area contributed by atoms with Gasteiger partial charge in [-0.3, -0.25) is 4.79 Å². The van der Waals surface area contributed by atoms with E-state index in [9.17, 15) is 4.79 Å².